The molecule has 3 aromatic rings. The molecule has 0 bridgehead atoms. The Morgan fingerprint density at radius 3 is 2.59 bits per heavy atom. The molecule has 29 heavy (non-hydrogen) atoms. The Morgan fingerprint density at radius 1 is 1.21 bits per heavy atom. The van der Waals surface area contributed by atoms with Crippen molar-refractivity contribution in [3.05, 3.63) is 40.5 Å². The maximum atomic E-state index is 11.7. The number of nitrogens with one attached hydrogen (secondary N) is 1. The van der Waals surface area contributed by atoms with Crippen molar-refractivity contribution in [2.45, 2.75) is 32.7 Å². The van der Waals surface area contributed by atoms with E-state index in [-0.39, 0.29) is 0 Å². The van der Waals surface area contributed by atoms with Gasteiger partial charge in [0.1, 0.15) is 27.1 Å². The lowest BCUT2D eigenvalue weighted by Gasteiger charge is -2.25. The fourth-order valence-corrected chi connectivity index (χ4v) is 4.72. The van der Waals surface area contributed by atoms with Gasteiger partial charge in [0.2, 0.25) is 0 Å². The van der Waals surface area contributed by atoms with E-state index in [4.69, 9.17) is 14.7 Å². The summed E-state index contributed by atoms with van der Waals surface area (Å²) >= 11 is 1.21. The summed E-state index contributed by atoms with van der Waals surface area (Å²) < 4.78 is 5.22. The first-order chi connectivity index (χ1) is 14.0. The van der Waals surface area contributed by atoms with E-state index in [0.29, 0.717) is 33.5 Å². The van der Waals surface area contributed by atoms with Crippen LogP contribution in [0.25, 0.3) is 10.2 Å². The molecule has 4 rings (SSSR count). The van der Waals surface area contributed by atoms with Crippen LogP contribution >= 0.6 is 11.3 Å². The number of carboxylic acid groups (broad SMARTS) is 1. The normalized spacial score (nSPS) is 14.8. The molecule has 0 amide bonds. The molecule has 3 heterocycles. The smallest absolute Gasteiger partial charge is 0.346 e. The van der Waals surface area contributed by atoms with E-state index >= 15 is 0 Å². The van der Waals surface area contributed by atoms with Gasteiger partial charge in [-0.25, -0.2) is 14.8 Å². The minimum absolute atomic E-state index is 0.308. The number of thiophene rings is 1. The molecule has 0 unspecified atom stereocenters. The third-order valence-corrected chi connectivity index (χ3v) is 6.37. The van der Waals surface area contributed by atoms with Gasteiger partial charge in [-0.2, -0.15) is 0 Å². The van der Waals surface area contributed by atoms with Crippen LogP contribution in [0.15, 0.2) is 24.3 Å². The first kappa shape index (κ1) is 19.6. The highest BCUT2D eigenvalue weighted by atomic mass is 32.1. The lowest BCUT2D eigenvalue weighted by molar-refractivity contribution is 0.0701. The molecule has 0 radical (unpaired) electrons. The number of aromatic carboxylic acids is 1. The van der Waals surface area contributed by atoms with Crippen molar-refractivity contribution in [2.24, 2.45) is 0 Å². The summed E-state index contributed by atoms with van der Waals surface area (Å²) in [5, 5.41) is 13.7. The van der Waals surface area contributed by atoms with Gasteiger partial charge in [-0.1, -0.05) is 6.42 Å². The number of carboxylic acids is 1. The van der Waals surface area contributed by atoms with Gasteiger partial charge in [0.05, 0.1) is 19.0 Å². The molecular weight excluding hydrogens is 388 g/mol. The quantitative estimate of drug-likeness (QED) is 0.619. The van der Waals surface area contributed by atoms with Gasteiger partial charge in [0.15, 0.2) is 0 Å². The number of likely N-dealkylation sites (tertiary alicyclic amines) is 1. The molecule has 1 aromatic carbocycles. The fourth-order valence-electron chi connectivity index (χ4n) is 3.68. The number of methoxy groups -OCH3 is 1. The maximum absolute atomic E-state index is 11.7. The molecule has 8 heteroatoms. The average Bonchev–Trinajstić information content (AvgIpc) is 3.06. The SMILES string of the molecule is COc1ccc(Nc2nc(CN3CCCCC3)nc3sc(C(=O)O)c(C)c23)cc1. The van der Waals surface area contributed by atoms with Crippen molar-refractivity contribution in [3.63, 3.8) is 0 Å². The predicted octanol–water partition coefficient (Wildman–Crippen LogP) is 4.44. The molecule has 7 nitrogen and oxygen atoms in total. The lowest BCUT2D eigenvalue weighted by Crippen LogP contribution is -2.29. The second kappa shape index (κ2) is 8.34. The molecule has 1 fully saturated rings. The number of nitrogens with zero attached hydrogens (tertiary/aromatic N) is 3. The van der Waals surface area contributed by atoms with Crippen LogP contribution in [0.5, 0.6) is 5.75 Å². The van der Waals surface area contributed by atoms with Crippen molar-refractivity contribution in [2.75, 3.05) is 25.5 Å². The van der Waals surface area contributed by atoms with Gasteiger partial charge in [0.25, 0.3) is 0 Å². The topological polar surface area (TPSA) is 87.6 Å². The Morgan fingerprint density at radius 2 is 1.93 bits per heavy atom. The van der Waals surface area contributed by atoms with E-state index in [0.717, 1.165) is 29.9 Å². The maximum Gasteiger partial charge on any atom is 0.346 e. The second-order valence-electron chi connectivity index (χ2n) is 7.22. The van der Waals surface area contributed by atoms with E-state index in [2.05, 4.69) is 10.2 Å². The Bertz CT molecular complexity index is 1030. The van der Waals surface area contributed by atoms with Gasteiger partial charge < -0.3 is 15.2 Å². The molecule has 2 N–H and O–H groups in total. The first-order valence-electron chi connectivity index (χ1n) is 9.72. The Kier molecular flexibility index (Phi) is 5.64. The van der Waals surface area contributed by atoms with Gasteiger partial charge in [-0.05, 0) is 62.7 Å². The third kappa shape index (κ3) is 4.18. The highest BCUT2D eigenvalue weighted by molar-refractivity contribution is 7.20. The van der Waals surface area contributed by atoms with Crippen LogP contribution in [0.2, 0.25) is 0 Å². The van der Waals surface area contributed by atoms with Crippen molar-refractivity contribution in [1.29, 1.82) is 0 Å². The summed E-state index contributed by atoms with van der Waals surface area (Å²) in [5.74, 6) is 1.20. The minimum Gasteiger partial charge on any atom is -0.497 e. The molecule has 1 aliphatic rings. The Labute approximate surface area is 173 Å². The molecular formula is C21H24N4O3S. The van der Waals surface area contributed by atoms with E-state index in [9.17, 15) is 9.90 Å². The molecule has 2 aromatic heterocycles. The van der Waals surface area contributed by atoms with E-state index < -0.39 is 5.97 Å². The van der Waals surface area contributed by atoms with E-state index in [1.807, 2.05) is 31.2 Å². The molecule has 1 saturated heterocycles. The Hall–Kier alpha value is -2.71. The summed E-state index contributed by atoms with van der Waals surface area (Å²) in [6.45, 7) is 4.58. The number of benzene rings is 1. The van der Waals surface area contributed by atoms with Crippen LogP contribution in [-0.2, 0) is 6.54 Å². The fraction of sp³-hybridized carbons (Fsp3) is 0.381. The zero-order chi connectivity index (χ0) is 20.4. The molecule has 0 spiro atoms. The van der Waals surface area contributed by atoms with Crippen LogP contribution in [0, 0.1) is 6.92 Å². The Balaban J connectivity index is 1.74. The zero-order valence-electron chi connectivity index (χ0n) is 16.6. The zero-order valence-corrected chi connectivity index (χ0v) is 17.4. The van der Waals surface area contributed by atoms with Gasteiger partial charge in [0, 0.05) is 5.69 Å². The summed E-state index contributed by atoms with van der Waals surface area (Å²) in [6.07, 6.45) is 3.66. The number of hydrogen-bond donors (Lipinski definition) is 2. The molecule has 0 saturated carbocycles. The number of hydrogen-bond acceptors (Lipinski definition) is 7. The van der Waals surface area contributed by atoms with Crippen molar-refractivity contribution >= 4 is 39.0 Å². The molecule has 152 valence electrons. The number of anilines is 2. The first-order valence-corrected chi connectivity index (χ1v) is 10.5. The molecule has 0 atom stereocenters. The number of fused-ring (bicyclic) bond motifs is 1. The average molecular weight is 413 g/mol. The van der Waals surface area contributed by atoms with Gasteiger partial charge in [-0.15, -0.1) is 11.3 Å². The lowest BCUT2D eigenvalue weighted by atomic mass is 10.1. The minimum atomic E-state index is -0.932. The largest absolute Gasteiger partial charge is 0.497 e. The summed E-state index contributed by atoms with van der Waals surface area (Å²) in [4.78, 5) is 24.5. The van der Waals surface area contributed by atoms with Crippen molar-refractivity contribution < 1.29 is 14.6 Å². The van der Waals surface area contributed by atoms with Gasteiger partial charge >= 0.3 is 5.97 Å². The van der Waals surface area contributed by atoms with Crippen LogP contribution < -0.4 is 10.1 Å². The highest BCUT2D eigenvalue weighted by Crippen LogP contribution is 2.35. The van der Waals surface area contributed by atoms with Crippen LogP contribution in [0.3, 0.4) is 0 Å². The molecule has 1 aliphatic heterocycles. The van der Waals surface area contributed by atoms with E-state index in [1.54, 1.807) is 7.11 Å². The summed E-state index contributed by atoms with van der Waals surface area (Å²) in [5.41, 5.74) is 1.55. The van der Waals surface area contributed by atoms with E-state index in [1.165, 1.54) is 30.6 Å². The van der Waals surface area contributed by atoms with Crippen molar-refractivity contribution in [1.82, 2.24) is 14.9 Å². The second-order valence-corrected chi connectivity index (χ2v) is 8.22. The monoisotopic (exact) mass is 412 g/mol. The molecule has 0 aliphatic carbocycles. The number of piperidine rings is 1. The number of aromatic nitrogens is 2. The standard InChI is InChI=1S/C21H24N4O3S/c1-13-17-19(22-14-6-8-15(28-2)9-7-14)23-16(12-25-10-4-3-5-11-25)24-20(17)29-18(13)21(26)27/h6-9H,3-5,10-12H2,1-2H3,(H,26,27)(H,22,23,24). The number of rotatable bonds is 6. The summed E-state index contributed by atoms with van der Waals surface area (Å²) in [6, 6.07) is 7.57. The van der Waals surface area contributed by atoms with Gasteiger partial charge in [-0.3, -0.25) is 4.90 Å². The number of carbonyl (C=O) groups is 1. The van der Waals surface area contributed by atoms with Crippen LogP contribution in [-0.4, -0.2) is 46.1 Å². The van der Waals surface area contributed by atoms with Crippen LogP contribution in [0.1, 0.15) is 40.3 Å². The summed E-state index contributed by atoms with van der Waals surface area (Å²) in [7, 11) is 1.63. The third-order valence-electron chi connectivity index (χ3n) is 5.20. The highest BCUT2D eigenvalue weighted by Gasteiger charge is 2.21. The number of aryl methyl sites for hydroxylation is 1. The van der Waals surface area contributed by atoms with Crippen LogP contribution in [0.4, 0.5) is 11.5 Å². The number of ether oxygens (including phenoxy) is 1. The van der Waals surface area contributed by atoms with Crippen molar-refractivity contribution in [3.8, 4) is 5.75 Å². The predicted molar refractivity (Wildman–Crippen MR) is 115 cm³/mol.